The van der Waals surface area contributed by atoms with Crippen molar-refractivity contribution < 1.29 is 8.42 Å². The van der Waals surface area contributed by atoms with Gasteiger partial charge in [0.1, 0.15) is 0 Å². The van der Waals surface area contributed by atoms with Gasteiger partial charge in [0.15, 0.2) is 0 Å². The van der Waals surface area contributed by atoms with Crippen LogP contribution in [0.1, 0.15) is 12.1 Å². The van der Waals surface area contributed by atoms with Crippen LogP contribution in [0.25, 0.3) is 0 Å². The maximum atomic E-state index is 11.8. The van der Waals surface area contributed by atoms with Crippen LogP contribution < -0.4 is 10.0 Å². The van der Waals surface area contributed by atoms with Gasteiger partial charge in [-0.2, -0.15) is 12.7 Å². The summed E-state index contributed by atoms with van der Waals surface area (Å²) < 4.78 is 27.5. The zero-order chi connectivity index (χ0) is 13.4. The lowest BCUT2D eigenvalue weighted by molar-refractivity contribution is 0.448. The molecule has 1 aromatic heterocycles. The van der Waals surface area contributed by atoms with E-state index in [4.69, 9.17) is 0 Å². The van der Waals surface area contributed by atoms with E-state index in [-0.39, 0.29) is 0 Å². The van der Waals surface area contributed by atoms with E-state index in [0.29, 0.717) is 19.5 Å². The summed E-state index contributed by atoms with van der Waals surface area (Å²) in [5, 5.41) is 2.98. The number of nitrogens with one attached hydrogen (secondary N) is 3. The van der Waals surface area contributed by atoms with E-state index in [1.54, 1.807) is 19.6 Å². The van der Waals surface area contributed by atoms with Gasteiger partial charge in [0.05, 0.1) is 6.33 Å². The lowest BCUT2D eigenvalue weighted by Crippen LogP contribution is -2.40. The van der Waals surface area contributed by atoms with Crippen molar-refractivity contribution in [2.24, 2.45) is 0 Å². The summed E-state index contributed by atoms with van der Waals surface area (Å²) in [7, 11) is 0.0493. The topological polar surface area (TPSA) is 90.1 Å². The molecule has 1 heterocycles. The maximum Gasteiger partial charge on any atom is 0.279 e. The zero-order valence-electron chi connectivity index (χ0n) is 10.8. The van der Waals surface area contributed by atoms with E-state index in [9.17, 15) is 8.42 Å². The number of imidazole rings is 1. The third kappa shape index (κ3) is 5.13. The smallest absolute Gasteiger partial charge is 0.279 e. The van der Waals surface area contributed by atoms with Crippen molar-refractivity contribution in [2.75, 3.05) is 33.7 Å². The molecule has 0 fully saturated rings. The van der Waals surface area contributed by atoms with E-state index in [1.165, 1.54) is 4.31 Å². The Bertz CT molecular complexity index is 417. The van der Waals surface area contributed by atoms with E-state index in [2.05, 4.69) is 20.0 Å². The van der Waals surface area contributed by atoms with Crippen molar-refractivity contribution in [1.82, 2.24) is 24.3 Å². The van der Waals surface area contributed by atoms with Crippen molar-refractivity contribution in [3.8, 4) is 0 Å². The first kappa shape index (κ1) is 15.1. The van der Waals surface area contributed by atoms with Gasteiger partial charge < -0.3 is 10.3 Å². The fourth-order valence-electron chi connectivity index (χ4n) is 1.44. The highest BCUT2D eigenvalue weighted by Crippen LogP contribution is 1.97. The van der Waals surface area contributed by atoms with Crippen LogP contribution in [0.4, 0.5) is 0 Å². The molecule has 0 aliphatic carbocycles. The zero-order valence-corrected chi connectivity index (χ0v) is 11.6. The number of rotatable bonds is 9. The van der Waals surface area contributed by atoms with Crippen LogP contribution in [0.5, 0.6) is 0 Å². The van der Waals surface area contributed by atoms with Crippen LogP contribution in [0, 0.1) is 0 Å². The Labute approximate surface area is 108 Å². The van der Waals surface area contributed by atoms with E-state index in [1.807, 2.05) is 7.05 Å². The quantitative estimate of drug-likeness (QED) is 0.521. The van der Waals surface area contributed by atoms with Gasteiger partial charge in [-0.1, -0.05) is 0 Å². The van der Waals surface area contributed by atoms with Gasteiger partial charge in [-0.3, -0.25) is 0 Å². The number of aromatic nitrogens is 2. The predicted octanol–water partition coefficient (Wildman–Crippen LogP) is -0.672. The SMILES string of the molecule is CNCCCN(C)S(=O)(=O)NCCc1cnc[nH]1. The molecule has 7 nitrogen and oxygen atoms in total. The maximum absolute atomic E-state index is 11.8. The molecule has 0 radical (unpaired) electrons. The molecule has 104 valence electrons. The number of hydrogen-bond donors (Lipinski definition) is 3. The molecular weight excluding hydrogens is 254 g/mol. The lowest BCUT2D eigenvalue weighted by Gasteiger charge is -2.17. The molecule has 0 aliphatic heterocycles. The fraction of sp³-hybridized carbons (Fsp3) is 0.700. The molecule has 1 aromatic rings. The summed E-state index contributed by atoms with van der Waals surface area (Å²) in [5.41, 5.74) is 0.913. The molecule has 0 spiro atoms. The third-order valence-corrected chi connectivity index (χ3v) is 4.12. The Balaban J connectivity index is 2.30. The second-order valence-electron chi connectivity index (χ2n) is 4.00. The van der Waals surface area contributed by atoms with Gasteiger partial charge >= 0.3 is 0 Å². The second-order valence-corrected chi connectivity index (χ2v) is 5.87. The molecule has 0 aromatic carbocycles. The minimum Gasteiger partial charge on any atom is -0.348 e. The van der Waals surface area contributed by atoms with Crippen molar-refractivity contribution in [3.05, 3.63) is 18.2 Å². The molecule has 1 rings (SSSR count). The Morgan fingerprint density at radius 2 is 2.22 bits per heavy atom. The highest BCUT2D eigenvalue weighted by atomic mass is 32.2. The minimum absolute atomic E-state index is 0.362. The van der Waals surface area contributed by atoms with Crippen molar-refractivity contribution in [2.45, 2.75) is 12.8 Å². The molecule has 8 heteroatoms. The second kappa shape index (κ2) is 7.47. The molecular formula is C10H21N5O2S. The molecule has 0 bridgehead atoms. The van der Waals surface area contributed by atoms with E-state index < -0.39 is 10.2 Å². The first-order chi connectivity index (χ1) is 8.56. The van der Waals surface area contributed by atoms with E-state index in [0.717, 1.165) is 18.7 Å². The predicted molar refractivity (Wildman–Crippen MR) is 70.4 cm³/mol. The summed E-state index contributed by atoms with van der Waals surface area (Å²) in [6.45, 7) is 1.66. The molecule has 18 heavy (non-hydrogen) atoms. The van der Waals surface area contributed by atoms with Gasteiger partial charge in [-0.25, -0.2) is 9.71 Å². The molecule has 0 aliphatic rings. The van der Waals surface area contributed by atoms with E-state index >= 15 is 0 Å². The minimum atomic E-state index is -3.37. The highest BCUT2D eigenvalue weighted by Gasteiger charge is 2.15. The van der Waals surface area contributed by atoms with Crippen LogP contribution in [0.15, 0.2) is 12.5 Å². The lowest BCUT2D eigenvalue weighted by atomic mass is 10.3. The van der Waals surface area contributed by atoms with Gasteiger partial charge in [0.2, 0.25) is 0 Å². The van der Waals surface area contributed by atoms with Gasteiger partial charge in [0, 0.05) is 38.4 Å². The van der Waals surface area contributed by atoms with Crippen LogP contribution >= 0.6 is 0 Å². The van der Waals surface area contributed by atoms with Crippen LogP contribution in [0.2, 0.25) is 0 Å². The van der Waals surface area contributed by atoms with Crippen LogP contribution in [-0.2, 0) is 16.6 Å². The largest absolute Gasteiger partial charge is 0.348 e. The number of H-pyrrole nitrogens is 1. The Morgan fingerprint density at radius 1 is 1.44 bits per heavy atom. The van der Waals surface area contributed by atoms with Crippen molar-refractivity contribution >= 4 is 10.2 Å². The van der Waals surface area contributed by atoms with Crippen LogP contribution in [-0.4, -0.2) is 56.4 Å². The third-order valence-electron chi connectivity index (χ3n) is 2.54. The standard InChI is InChI=1S/C10H21N5O2S/c1-11-5-3-7-15(2)18(16,17)14-6-4-10-8-12-9-13-10/h8-9,11,14H,3-7H2,1-2H3,(H,12,13). The molecule has 0 saturated carbocycles. The number of nitrogens with zero attached hydrogens (tertiary/aromatic N) is 2. The molecule has 0 atom stereocenters. The summed E-state index contributed by atoms with van der Waals surface area (Å²) in [6.07, 6.45) is 4.65. The Hall–Kier alpha value is -0.960. The van der Waals surface area contributed by atoms with Gasteiger partial charge in [0.25, 0.3) is 10.2 Å². The molecule has 0 unspecified atom stereocenters. The summed E-state index contributed by atoms with van der Waals surface area (Å²) in [5.74, 6) is 0. The highest BCUT2D eigenvalue weighted by molar-refractivity contribution is 7.87. The Kier molecular flexibility index (Phi) is 6.27. The summed E-state index contributed by atoms with van der Waals surface area (Å²) >= 11 is 0. The molecule has 3 N–H and O–H groups in total. The first-order valence-corrected chi connectivity index (χ1v) is 7.33. The summed E-state index contributed by atoms with van der Waals surface area (Å²) in [6, 6.07) is 0. The van der Waals surface area contributed by atoms with Crippen LogP contribution in [0.3, 0.4) is 0 Å². The Morgan fingerprint density at radius 3 is 2.83 bits per heavy atom. The summed E-state index contributed by atoms with van der Waals surface area (Å²) in [4.78, 5) is 6.80. The monoisotopic (exact) mass is 275 g/mol. The van der Waals surface area contributed by atoms with Crippen molar-refractivity contribution in [1.29, 1.82) is 0 Å². The number of aromatic amines is 1. The molecule has 0 amide bonds. The number of hydrogen-bond acceptors (Lipinski definition) is 4. The van der Waals surface area contributed by atoms with Gasteiger partial charge in [-0.15, -0.1) is 0 Å². The first-order valence-electron chi connectivity index (χ1n) is 5.89. The average Bonchev–Trinajstić information content (AvgIpc) is 2.82. The fourth-order valence-corrected chi connectivity index (χ4v) is 2.39. The molecule has 0 saturated heterocycles. The van der Waals surface area contributed by atoms with Crippen molar-refractivity contribution in [3.63, 3.8) is 0 Å². The van der Waals surface area contributed by atoms with Gasteiger partial charge in [-0.05, 0) is 20.0 Å². The average molecular weight is 275 g/mol. The normalized spacial score (nSPS) is 12.2.